The maximum atomic E-state index is 13.1. The molecular formula is C15H22FNO3. The monoisotopic (exact) mass is 283 g/mol. The average molecular weight is 283 g/mol. The Morgan fingerprint density at radius 3 is 3.10 bits per heavy atom. The molecule has 0 aromatic heterocycles. The molecule has 0 spiro atoms. The standard InChI is InChI=1S/C15H22FNO3/c1-15(18,5-6-19-2)10-17-9-13-8-11-7-12(16)3-4-14(11)20-13/h3-4,7,13,17-18H,5-6,8-10H2,1-2H3. The van der Waals surface area contributed by atoms with E-state index in [0.29, 0.717) is 32.5 Å². The van der Waals surface area contributed by atoms with Crippen LogP contribution in [-0.2, 0) is 11.2 Å². The Morgan fingerprint density at radius 1 is 1.55 bits per heavy atom. The molecule has 0 fully saturated rings. The van der Waals surface area contributed by atoms with Gasteiger partial charge in [-0.15, -0.1) is 0 Å². The molecule has 0 amide bonds. The van der Waals surface area contributed by atoms with Crippen molar-refractivity contribution < 1.29 is 19.0 Å². The van der Waals surface area contributed by atoms with Crippen LogP contribution in [0.3, 0.4) is 0 Å². The first kappa shape index (κ1) is 15.2. The Kier molecular flexibility index (Phi) is 4.96. The Balaban J connectivity index is 1.74. The van der Waals surface area contributed by atoms with Gasteiger partial charge in [0.25, 0.3) is 0 Å². The Morgan fingerprint density at radius 2 is 2.35 bits per heavy atom. The first-order valence-corrected chi connectivity index (χ1v) is 6.87. The second-order valence-corrected chi connectivity index (χ2v) is 5.57. The Hall–Kier alpha value is -1.17. The summed E-state index contributed by atoms with van der Waals surface area (Å²) in [5, 5.41) is 13.3. The van der Waals surface area contributed by atoms with E-state index in [2.05, 4.69) is 5.32 Å². The maximum absolute atomic E-state index is 13.1. The number of ether oxygens (including phenoxy) is 2. The highest BCUT2D eigenvalue weighted by molar-refractivity contribution is 5.37. The van der Waals surface area contributed by atoms with Crippen LogP contribution in [0.25, 0.3) is 0 Å². The third-order valence-electron chi connectivity index (χ3n) is 3.49. The molecule has 5 heteroatoms. The smallest absolute Gasteiger partial charge is 0.123 e. The molecule has 0 bridgehead atoms. The zero-order valence-electron chi connectivity index (χ0n) is 12.0. The number of methoxy groups -OCH3 is 1. The fourth-order valence-electron chi connectivity index (χ4n) is 2.32. The van der Waals surface area contributed by atoms with Crippen LogP contribution >= 0.6 is 0 Å². The molecule has 1 aliphatic heterocycles. The highest BCUT2D eigenvalue weighted by Gasteiger charge is 2.25. The van der Waals surface area contributed by atoms with Gasteiger partial charge in [-0.3, -0.25) is 0 Å². The van der Waals surface area contributed by atoms with Crippen LogP contribution in [0.5, 0.6) is 5.75 Å². The summed E-state index contributed by atoms with van der Waals surface area (Å²) in [6.07, 6.45) is 1.26. The van der Waals surface area contributed by atoms with Crippen molar-refractivity contribution in [2.24, 2.45) is 0 Å². The molecule has 2 N–H and O–H groups in total. The molecule has 0 saturated heterocycles. The van der Waals surface area contributed by atoms with Gasteiger partial charge >= 0.3 is 0 Å². The van der Waals surface area contributed by atoms with Gasteiger partial charge in [-0.05, 0) is 25.1 Å². The van der Waals surface area contributed by atoms with Crippen molar-refractivity contribution >= 4 is 0 Å². The third-order valence-corrected chi connectivity index (χ3v) is 3.49. The van der Waals surface area contributed by atoms with Crippen molar-refractivity contribution in [1.29, 1.82) is 0 Å². The number of nitrogens with one attached hydrogen (secondary N) is 1. The van der Waals surface area contributed by atoms with Crippen molar-refractivity contribution in [1.82, 2.24) is 5.32 Å². The topological polar surface area (TPSA) is 50.7 Å². The van der Waals surface area contributed by atoms with Gasteiger partial charge in [0, 0.05) is 45.2 Å². The second-order valence-electron chi connectivity index (χ2n) is 5.57. The molecule has 112 valence electrons. The molecule has 0 radical (unpaired) electrons. The molecule has 1 aromatic carbocycles. The fourth-order valence-corrected chi connectivity index (χ4v) is 2.32. The van der Waals surface area contributed by atoms with Gasteiger partial charge in [-0.1, -0.05) is 0 Å². The van der Waals surface area contributed by atoms with Crippen LogP contribution in [0.1, 0.15) is 18.9 Å². The number of aliphatic hydroxyl groups is 1. The second kappa shape index (κ2) is 6.52. The zero-order chi connectivity index (χ0) is 14.6. The quantitative estimate of drug-likeness (QED) is 0.796. The number of fused-ring (bicyclic) bond motifs is 1. The highest BCUT2D eigenvalue weighted by Crippen LogP contribution is 2.28. The van der Waals surface area contributed by atoms with Crippen LogP contribution in [0.4, 0.5) is 4.39 Å². The van der Waals surface area contributed by atoms with Crippen LogP contribution in [0, 0.1) is 5.82 Å². The molecule has 1 aliphatic rings. The SMILES string of the molecule is COCCC(C)(O)CNCC1Cc2cc(F)ccc2O1. The summed E-state index contributed by atoms with van der Waals surface area (Å²) >= 11 is 0. The zero-order valence-corrected chi connectivity index (χ0v) is 12.0. The summed E-state index contributed by atoms with van der Waals surface area (Å²) in [7, 11) is 1.62. The summed E-state index contributed by atoms with van der Waals surface area (Å²) in [4.78, 5) is 0. The molecule has 2 atom stereocenters. The summed E-state index contributed by atoms with van der Waals surface area (Å²) in [5.74, 6) is 0.521. The number of hydrogen-bond donors (Lipinski definition) is 2. The minimum Gasteiger partial charge on any atom is -0.488 e. The lowest BCUT2D eigenvalue weighted by Crippen LogP contribution is -2.42. The summed E-state index contributed by atoms with van der Waals surface area (Å²) in [6.45, 7) is 3.40. The van der Waals surface area contributed by atoms with Gasteiger partial charge in [-0.2, -0.15) is 0 Å². The lowest BCUT2D eigenvalue weighted by atomic mass is 10.0. The Labute approximate surface area is 118 Å². The minimum absolute atomic E-state index is 0.00924. The van der Waals surface area contributed by atoms with E-state index in [1.54, 1.807) is 20.1 Å². The van der Waals surface area contributed by atoms with Gasteiger partial charge in [0.05, 0.1) is 5.60 Å². The predicted octanol–water partition coefficient (Wildman–Crippen LogP) is 1.51. The average Bonchev–Trinajstić information content (AvgIpc) is 2.78. The summed E-state index contributed by atoms with van der Waals surface area (Å²) < 4.78 is 23.8. The maximum Gasteiger partial charge on any atom is 0.123 e. The number of benzene rings is 1. The van der Waals surface area contributed by atoms with Crippen molar-refractivity contribution in [2.75, 3.05) is 26.8 Å². The van der Waals surface area contributed by atoms with Crippen LogP contribution in [0.2, 0.25) is 0 Å². The predicted molar refractivity (Wildman–Crippen MR) is 74.5 cm³/mol. The first-order valence-electron chi connectivity index (χ1n) is 6.87. The third kappa shape index (κ3) is 4.16. The number of hydrogen-bond acceptors (Lipinski definition) is 4. The number of halogens is 1. The molecule has 20 heavy (non-hydrogen) atoms. The van der Waals surface area contributed by atoms with Crippen molar-refractivity contribution in [3.05, 3.63) is 29.6 Å². The molecule has 2 rings (SSSR count). The fraction of sp³-hybridized carbons (Fsp3) is 0.600. The molecule has 1 aromatic rings. The molecule has 0 aliphatic carbocycles. The van der Waals surface area contributed by atoms with E-state index in [9.17, 15) is 9.50 Å². The van der Waals surface area contributed by atoms with E-state index in [-0.39, 0.29) is 11.9 Å². The van der Waals surface area contributed by atoms with Crippen LogP contribution < -0.4 is 10.1 Å². The summed E-state index contributed by atoms with van der Waals surface area (Å²) in [5.41, 5.74) is 0.107. The Bertz CT molecular complexity index is 451. The first-order chi connectivity index (χ1) is 9.50. The van der Waals surface area contributed by atoms with Gasteiger partial charge in [0.15, 0.2) is 0 Å². The van der Waals surface area contributed by atoms with E-state index in [1.165, 1.54) is 12.1 Å². The number of rotatable bonds is 7. The van der Waals surface area contributed by atoms with Gasteiger partial charge in [0.1, 0.15) is 17.7 Å². The van der Waals surface area contributed by atoms with E-state index >= 15 is 0 Å². The van der Waals surface area contributed by atoms with E-state index in [0.717, 1.165) is 11.3 Å². The molecule has 1 heterocycles. The largest absolute Gasteiger partial charge is 0.488 e. The summed E-state index contributed by atoms with van der Waals surface area (Å²) in [6, 6.07) is 4.59. The lowest BCUT2D eigenvalue weighted by Gasteiger charge is -2.24. The lowest BCUT2D eigenvalue weighted by molar-refractivity contribution is 0.0235. The molecule has 0 saturated carbocycles. The van der Waals surface area contributed by atoms with Crippen molar-refractivity contribution in [3.63, 3.8) is 0 Å². The van der Waals surface area contributed by atoms with E-state index < -0.39 is 5.60 Å². The highest BCUT2D eigenvalue weighted by atomic mass is 19.1. The normalized spacial score (nSPS) is 20.3. The van der Waals surface area contributed by atoms with E-state index in [1.807, 2.05) is 0 Å². The molecular weight excluding hydrogens is 261 g/mol. The minimum atomic E-state index is -0.798. The van der Waals surface area contributed by atoms with Crippen LogP contribution in [0.15, 0.2) is 18.2 Å². The van der Waals surface area contributed by atoms with E-state index in [4.69, 9.17) is 9.47 Å². The molecule has 2 unspecified atom stereocenters. The molecule has 4 nitrogen and oxygen atoms in total. The van der Waals surface area contributed by atoms with Gasteiger partial charge < -0.3 is 19.9 Å². The van der Waals surface area contributed by atoms with Gasteiger partial charge in [0.2, 0.25) is 0 Å². The van der Waals surface area contributed by atoms with Crippen molar-refractivity contribution in [3.8, 4) is 5.75 Å². The van der Waals surface area contributed by atoms with Crippen molar-refractivity contribution in [2.45, 2.75) is 31.5 Å². The van der Waals surface area contributed by atoms with Gasteiger partial charge in [-0.25, -0.2) is 4.39 Å². The van der Waals surface area contributed by atoms with Crippen LogP contribution in [-0.4, -0.2) is 43.6 Å².